The van der Waals surface area contributed by atoms with Crippen LogP contribution in [-0.4, -0.2) is 38.7 Å². The molecule has 0 amide bonds. The zero-order chi connectivity index (χ0) is 28.8. The van der Waals surface area contributed by atoms with Crippen LogP contribution in [0.3, 0.4) is 0 Å². The Morgan fingerprint density at radius 1 is 0.878 bits per heavy atom. The molecular weight excluding hydrogens is 538 g/mol. The van der Waals surface area contributed by atoms with Crippen LogP contribution in [0.5, 0.6) is 17.5 Å². The van der Waals surface area contributed by atoms with Gasteiger partial charge in [-0.3, -0.25) is 0 Å². The van der Waals surface area contributed by atoms with E-state index in [1.54, 1.807) is 35.9 Å². The first-order valence-corrected chi connectivity index (χ1v) is 13.9. The summed E-state index contributed by atoms with van der Waals surface area (Å²) in [6, 6.07) is 24.3. The number of hydrogen-bond donors (Lipinski definition) is 1. The van der Waals surface area contributed by atoms with Crippen LogP contribution in [0.4, 0.5) is 0 Å². The number of thiazole rings is 1. The average molecular weight is 568 g/mol. The summed E-state index contributed by atoms with van der Waals surface area (Å²) in [6.45, 7) is 5.56. The highest BCUT2D eigenvalue weighted by atomic mass is 32.1. The highest BCUT2D eigenvalue weighted by Gasteiger charge is 2.17. The van der Waals surface area contributed by atoms with Gasteiger partial charge in [-0.15, -0.1) is 11.3 Å². The van der Waals surface area contributed by atoms with E-state index < -0.39 is 12.6 Å². The fraction of sp³-hybridized carbons (Fsp3) is 0.188. The minimum Gasteiger partial charge on any atom is -0.486 e. The first-order valence-electron chi connectivity index (χ1n) is 13.1. The van der Waals surface area contributed by atoms with E-state index in [1.807, 2.05) is 45.0 Å². The van der Waals surface area contributed by atoms with Gasteiger partial charge in [-0.25, -0.2) is 19.7 Å². The summed E-state index contributed by atoms with van der Waals surface area (Å²) in [4.78, 5) is 25.5. The maximum atomic E-state index is 10.8. The maximum Gasteiger partial charge on any atom is 0.341 e. The highest BCUT2D eigenvalue weighted by Crippen LogP contribution is 2.38. The number of benzene rings is 3. The van der Waals surface area contributed by atoms with Crippen molar-refractivity contribution in [3.05, 3.63) is 95.8 Å². The molecular formula is C32H29N3O5S. The number of rotatable bonds is 11. The molecule has 0 radical (unpaired) electrons. The van der Waals surface area contributed by atoms with Crippen LogP contribution < -0.4 is 14.2 Å². The second-order valence-corrected chi connectivity index (χ2v) is 10.6. The molecule has 0 aliphatic heterocycles. The molecule has 8 nitrogen and oxygen atoms in total. The molecule has 41 heavy (non-hydrogen) atoms. The fourth-order valence-electron chi connectivity index (χ4n) is 4.13. The van der Waals surface area contributed by atoms with E-state index >= 15 is 0 Å². The van der Waals surface area contributed by atoms with Gasteiger partial charge in [0.1, 0.15) is 23.1 Å². The molecule has 0 spiro atoms. The Balaban J connectivity index is 1.41. The summed E-state index contributed by atoms with van der Waals surface area (Å²) in [6.07, 6.45) is 3.43. The Kier molecular flexibility index (Phi) is 8.55. The Bertz CT molecular complexity index is 1620. The molecule has 0 saturated heterocycles. The number of carbonyl (C=O) groups is 1. The molecule has 3 aromatic carbocycles. The number of carboxylic acids is 1. The van der Waals surface area contributed by atoms with Gasteiger partial charge in [-0.05, 0) is 61.2 Å². The van der Waals surface area contributed by atoms with E-state index in [1.165, 1.54) is 0 Å². The second-order valence-electron chi connectivity index (χ2n) is 9.55. The Morgan fingerprint density at radius 3 is 2.22 bits per heavy atom. The van der Waals surface area contributed by atoms with Gasteiger partial charge in [0.15, 0.2) is 6.61 Å². The summed E-state index contributed by atoms with van der Waals surface area (Å²) in [5.41, 5.74) is 5.65. The molecule has 208 valence electrons. The number of aromatic nitrogens is 3. The molecule has 9 heteroatoms. The minimum atomic E-state index is -1.03. The standard InChI is InChI=1S/C32H29N3O5S/c1-20(2)40-32-33-16-25(17-34-32)30-31(24-11-9-23(10-12-24)22-7-5-4-6-8-22)41-28(35-30)18-38-26-13-14-27(21(3)15-26)39-19-29(36)37/h4-17,20H,18-19H2,1-3H3,(H,36,37). The van der Waals surface area contributed by atoms with Crippen LogP contribution in [-0.2, 0) is 11.4 Å². The van der Waals surface area contributed by atoms with Gasteiger partial charge in [0, 0.05) is 18.0 Å². The fourth-order valence-corrected chi connectivity index (χ4v) is 5.13. The van der Waals surface area contributed by atoms with E-state index in [-0.39, 0.29) is 12.7 Å². The summed E-state index contributed by atoms with van der Waals surface area (Å²) in [7, 11) is 0. The van der Waals surface area contributed by atoms with Crippen molar-refractivity contribution in [1.82, 2.24) is 15.0 Å². The number of aryl methyl sites for hydroxylation is 1. The largest absolute Gasteiger partial charge is 0.486 e. The normalized spacial score (nSPS) is 10.9. The summed E-state index contributed by atoms with van der Waals surface area (Å²) in [5.74, 6) is 0.110. The molecule has 0 aliphatic rings. The third kappa shape index (κ3) is 7.06. The van der Waals surface area contributed by atoms with Crippen molar-refractivity contribution in [2.75, 3.05) is 6.61 Å². The number of aliphatic carboxylic acids is 1. The minimum absolute atomic E-state index is 0.0241. The van der Waals surface area contributed by atoms with Gasteiger partial charge < -0.3 is 19.3 Å². The lowest BCUT2D eigenvalue weighted by molar-refractivity contribution is -0.139. The predicted molar refractivity (Wildman–Crippen MR) is 158 cm³/mol. The van der Waals surface area contributed by atoms with Crippen molar-refractivity contribution >= 4 is 17.3 Å². The lowest BCUT2D eigenvalue weighted by Gasteiger charge is -2.09. The predicted octanol–water partition coefficient (Wildman–Crippen LogP) is 7.07. The van der Waals surface area contributed by atoms with Crippen molar-refractivity contribution in [1.29, 1.82) is 0 Å². The van der Waals surface area contributed by atoms with Crippen molar-refractivity contribution in [2.45, 2.75) is 33.5 Å². The number of ether oxygens (including phenoxy) is 3. The molecule has 0 unspecified atom stereocenters. The number of nitrogens with zero attached hydrogens (tertiary/aromatic N) is 3. The molecule has 5 aromatic rings. The topological polar surface area (TPSA) is 104 Å². The molecule has 2 aromatic heterocycles. The van der Waals surface area contributed by atoms with Gasteiger partial charge in [-0.1, -0.05) is 54.6 Å². The number of carboxylic acid groups (broad SMARTS) is 1. The molecule has 0 bridgehead atoms. The lowest BCUT2D eigenvalue weighted by Crippen LogP contribution is -2.10. The van der Waals surface area contributed by atoms with Crippen LogP contribution in [0.1, 0.15) is 24.4 Å². The van der Waals surface area contributed by atoms with Gasteiger partial charge in [0.25, 0.3) is 0 Å². The molecule has 1 N–H and O–H groups in total. The van der Waals surface area contributed by atoms with E-state index in [2.05, 4.69) is 46.4 Å². The molecule has 0 aliphatic carbocycles. The van der Waals surface area contributed by atoms with Crippen LogP contribution in [0, 0.1) is 6.92 Å². The maximum absolute atomic E-state index is 10.8. The molecule has 0 atom stereocenters. The van der Waals surface area contributed by atoms with Crippen molar-refractivity contribution in [3.63, 3.8) is 0 Å². The summed E-state index contributed by atoms with van der Waals surface area (Å²) in [5, 5.41) is 9.65. The first kappa shape index (κ1) is 27.8. The quantitative estimate of drug-likeness (QED) is 0.181. The zero-order valence-electron chi connectivity index (χ0n) is 22.9. The molecule has 0 saturated carbocycles. The van der Waals surface area contributed by atoms with Crippen molar-refractivity contribution < 1.29 is 24.1 Å². The zero-order valence-corrected chi connectivity index (χ0v) is 23.7. The Labute approximate surface area is 242 Å². The van der Waals surface area contributed by atoms with E-state index in [0.29, 0.717) is 17.5 Å². The highest BCUT2D eigenvalue weighted by molar-refractivity contribution is 7.15. The number of hydrogen-bond acceptors (Lipinski definition) is 8. The lowest BCUT2D eigenvalue weighted by atomic mass is 10.0. The summed E-state index contributed by atoms with van der Waals surface area (Å²) < 4.78 is 17.0. The smallest absolute Gasteiger partial charge is 0.341 e. The van der Waals surface area contributed by atoms with Crippen LogP contribution in [0.25, 0.3) is 32.8 Å². The molecule has 2 heterocycles. The second kappa shape index (κ2) is 12.6. The Hall–Kier alpha value is -4.76. The van der Waals surface area contributed by atoms with Crippen LogP contribution in [0.15, 0.2) is 85.2 Å². The van der Waals surface area contributed by atoms with Gasteiger partial charge in [0.05, 0.1) is 16.7 Å². The van der Waals surface area contributed by atoms with Crippen molar-refractivity contribution in [3.8, 4) is 50.3 Å². The van der Waals surface area contributed by atoms with E-state index in [4.69, 9.17) is 24.3 Å². The average Bonchev–Trinajstić information content (AvgIpc) is 3.40. The van der Waals surface area contributed by atoms with Gasteiger partial charge in [0.2, 0.25) is 0 Å². The monoisotopic (exact) mass is 567 g/mol. The van der Waals surface area contributed by atoms with Gasteiger partial charge >= 0.3 is 12.0 Å². The van der Waals surface area contributed by atoms with Crippen LogP contribution >= 0.6 is 11.3 Å². The third-order valence-corrected chi connectivity index (χ3v) is 7.11. The Morgan fingerprint density at radius 2 is 1.56 bits per heavy atom. The van der Waals surface area contributed by atoms with E-state index in [0.717, 1.165) is 43.4 Å². The molecule has 5 rings (SSSR count). The SMILES string of the molecule is Cc1cc(OCc2nc(-c3cnc(OC(C)C)nc3)c(-c3ccc(-c4ccccc4)cc3)s2)ccc1OCC(=O)O. The molecule has 0 fully saturated rings. The van der Waals surface area contributed by atoms with Gasteiger partial charge in [-0.2, -0.15) is 0 Å². The first-order chi connectivity index (χ1) is 19.9. The van der Waals surface area contributed by atoms with E-state index in [9.17, 15) is 4.79 Å². The third-order valence-electron chi connectivity index (χ3n) is 6.03. The van der Waals surface area contributed by atoms with Crippen molar-refractivity contribution in [2.24, 2.45) is 0 Å². The summed E-state index contributed by atoms with van der Waals surface area (Å²) >= 11 is 1.55. The van der Waals surface area contributed by atoms with Crippen LogP contribution in [0.2, 0.25) is 0 Å².